The second kappa shape index (κ2) is 8.30. The van der Waals surface area contributed by atoms with Gasteiger partial charge in [-0.1, -0.05) is 30.3 Å². The summed E-state index contributed by atoms with van der Waals surface area (Å²) in [6.07, 6.45) is -6.53. The number of halogens is 3. The quantitative estimate of drug-likeness (QED) is 0.803. The molecule has 2 rings (SSSR count). The first-order chi connectivity index (χ1) is 11.8. The maximum atomic E-state index is 13.5. The van der Waals surface area contributed by atoms with Crippen LogP contribution in [0.25, 0.3) is 0 Å². The fraction of sp³-hybridized carbons (Fsp3) is 0.500. The van der Waals surface area contributed by atoms with E-state index in [-0.39, 0.29) is 26.2 Å². The number of hydrogen-bond acceptors (Lipinski definition) is 5. The number of aliphatic hydroxyl groups is 1. The second-order valence-corrected chi connectivity index (χ2v) is 5.60. The predicted octanol–water partition coefficient (Wildman–Crippen LogP) is 1.78. The molecule has 1 aromatic carbocycles. The summed E-state index contributed by atoms with van der Waals surface area (Å²) in [5.74, 6) is -0.944. The normalized spacial score (nSPS) is 16.2. The lowest BCUT2D eigenvalue weighted by atomic mass is 10.1. The third kappa shape index (κ3) is 5.17. The van der Waals surface area contributed by atoms with Gasteiger partial charge in [0.2, 0.25) is 5.91 Å². The van der Waals surface area contributed by atoms with Crippen LogP contribution in [0.5, 0.6) is 0 Å². The number of hydrogen-bond donors (Lipinski definition) is 1. The van der Waals surface area contributed by atoms with Crippen LogP contribution in [-0.2, 0) is 16.1 Å². The van der Waals surface area contributed by atoms with E-state index in [0.717, 1.165) is 4.90 Å². The van der Waals surface area contributed by atoms with Crippen molar-refractivity contribution in [3.05, 3.63) is 35.9 Å². The summed E-state index contributed by atoms with van der Waals surface area (Å²) >= 11 is 0. The van der Waals surface area contributed by atoms with E-state index in [2.05, 4.69) is 4.74 Å². The van der Waals surface area contributed by atoms with Gasteiger partial charge in [-0.25, -0.2) is 9.69 Å². The summed E-state index contributed by atoms with van der Waals surface area (Å²) in [5.41, 5.74) is 0.623. The molecule has 1 N–H and O–H groups in total. The molecule has 1 aliphatic rings. The topological polar surface area (TPSA) is 70.1 Å². The lowest BCUT2D eigenvalue weighted by Gasteiger charge is -2.33. The molecule has 1 unspecified atom stereocenters. The van der Waals surface area contributed by atoms with E-state index >= 15 is 0 Å². The minimum atomic E-state index is -4.69. The Morgan fingerprint density at radius 1 is 1.32 bits per heavy atom. The molecular formula is C16H19F3N2O4. The van der Waals surface area contributed by atoms with Crippen molar-refractivity contribution in [3.63, 3.8) is 0 Å². The van der Waals surface area contributed by atoms with Crippen LogP contribution in [0.4, 0.5) is 18.0 Å². The zero-order chi connectivity index (χ0) is 18.4. The van der Waals surface area contributed by atoms with Crippen molar-refractivity contribution in [2.24, 2.45) is 0 Å². The lowest BCUT2D eigenvalue weighted by Crippen LogP contribution is -2.49. The highest BCUT2D eigenvalue weighted by atomic mass is 19.4. The Morgan fingerprint density at radius 3 is 2.52 bits per heavy atom. The average Bonchev–Trinajstić information content (AvgIpc) is 2.98. The molecule has 6 nitrogen and oxygen atoms in total. The average molecular weight is 360 g/mol. The van der Waals surface area contributed by atoms with Crippen LogP contribution in [0, 0.1) is 0 Å². The molecule has 25 heavy (non-hydrogen) atoms. The highest BCUT2D eigenvalue weighted by Gasteiger charge is 2.46. The third-order valence-corrected chi connectivity index (χ3v) is 3.86. The van der Waals surface area contributed by atoms with E-state index in [1.165, 1.54) is 0 Å². The van der Waals surface area contributed by atoms with Crippen LogP contribution in [-0.4, -0.2) is 65.4 Å². The van der Waals surface area contributed by atoms with E-state index in [1.807, 2.05) is 0 Å². The van der Waals surface area contributed by atoms with Gasteiger partial charge in [0, 0.05) is 13.1 Å². The highest BCUT2D eigenvalue weighted by Crippen LogP contribution is 2.29. The zero-order valence-electron chi connectivity index (χ0n) is 13.4. The first-order valence-corrected chi connectivity index (χ1v) is 7.75. The minimum absolute atomic E-state index is 0.0222. The van der Waals surface area contributed by atoms with Gasteiger partial charge >= 0.3 is 12.3 Å². The molecule has 0 radical (unpaired) electrons. The van der Waals surface area contributed by atoms with Crippen LogP contribution in [0.3, 0.4) is 0 Å². The monoisotopic (exact) mass is 360 g/mol. The lowest BCUT2D eigenvalue weighted by molar-refractivity contribution is -0.191. The van der Waals surface area contributed by atoms with Crippen LogP contribution >= 0.6 is 0 Å². The SMILES string of the molecule is O=C(CC(N(CCO)Cc1ccccc1)C(F)(F)F)N1CCOC1=O. The summed E-state index contributed by atoms with van der Waals surface area (Å²) < 4.78 is 45.2. The molecule has 0 saturated carbocycles. The van der Waals surface area contributed by atoms with Gasteiger partial charge < -0.3 is 9.84 Å². The molecule has 0 spiro atoms. The van der Waals surface area contributed by atoms with Crippen molar-refractivity contribution in [1.29, 1.82) is 0 Å². The van der Waals surface area contributed by atoms with E-state index in [9.17, 15) is 22.8 Å². The Labute approximate surface area is 142 Å². The molecule has 1 atom stereocenters. The van der Waals surface area contributed by atoms with Crippen molar-refractivity contribution < 1.29 is 32.6 Å². The number of alkyl halides is 3. The van der Waals surface area contributed by atoms with Crippen LogP contribution < -0.4 is 0 Å². The number of carbonyl (C=O) groups is 2. The van der Waals surface area contributed by atoms with E-state index in [0.29, 0.717) is 10.5 Å². The van der Waals surface area contributed by atoms with Gasteiger partial charge in [0.1, 0.15) is 12.6 Å². The van der Waals surface area contributed by atoms with E-state index in [1.54, 1.807) is 30.3 Å². The van der Waals surface area contributed by atoms with Crippen molar-refractivity contribution >= 4 is 12.0 Å². The van der Waals surface area contributed by atoms with Crippen LogP contribution in [0.1, 0.15) is 12.0 Å². The number of amides is 2. The molecule has 0 bridgehead atoms. The van der Waals surface area contributed by atoms with Crippen molar-refractivity contribution in [2.75, 3.05) is 26.3 Å². The number of benzene rings is 1. The Kier molecular flexibility index (Phi) is 6.38. The number of cyclic esters (lactones) is 1. The molecule has 2 amide bonds. The van der Waals surface area contributed by atoms with E-state index < -0.39 is 37.2 Å². The van der Waals surface area contributed by atoms with Crippen LogP contribution in [0.2, 0.25) is 0 Å². The second-order valence-electron chi connectivity index (χ2n) is 5.60. The molecule has 0 aromatic heterocycles. The molecular weight excluding hydrogens is 341 g/mol. The number of carbonyl (C=O) groups excluding carboxylic acids is 2. The molecule has 1 heterocycles. The van der Waals surface area contributed by atoms with E-state index in [4.69, 9.17) is 5.11 Å². The minimum Gasteiger partial charge on any atom is -0.447 e. The molecule has 9 heteroatoms. The Bertz CT molecular complexity index is 595. The van der Waals surface area contributed by atoms with Crippen molar-refractivity contribution in [2.45, 2.75) is 25.2 Å². The number of rotatable bonds is 7. The first-order valence-electron chi connectivity index (χ1n) is 7.75. The van der Waals surface area contributed by atoms with Gasteiger partial charge in [-0.2, -0.15) is 13.2 Å². The predicted molar refractivity (Wildman–Crippen MR) is 81.5 cm³/mol. The summed E-state index contributed by atoms with van der Waals surface area (Å²) in [7, 11) is 0. The summed E-state index contributed by atoms with van der Waals surface area (Å²) in [6, 6.07) is 6.35. The van der Waals surface area contributed by atoms with Gasteiger partial charge in [-0.3, -0.25) is 9.69 Å². The number of ether oxygens (including phenoxy) is 1. The maximum absolute atomic E-state index is 13.5. The molecule has 0 aliphatic carbocycles. The number of imide groups is 1. The fourth-order valence-corrected chi connectivity index (χ4v) is 2.64. The highest BCUT2D eigenvalue weighted by molar-refractivity contribution is 5.93. The molecule has 138 valence electrons. The van der Waals surface area contributed by atoms with Gasteiger partial charge in [-0.05, 0) is 5.56 Å². The summed E-state index contributed by atoms with van der Waals surface area (Å²) in [6.45, 7) is -0.897. The Hall–Kier alpha value is -2.13. The summed E-state index contributed by atoms with van der Waals surface area (Å²) in [5, 5.41) is 9.14. The maximum Gasteiger partial charge on any atom is 0.416 e. The van der Waals surface area contributed by atoms with Gasteiger partial charge in [0.15, 0.2) is 0 Å². The summed E-state index contributed by atoms with van der Waals surface area (Å²) in [4.78, 5) is 25.2. The van der Waals surface area contributed by atoms with Gasteiger partial charge in [-0.15, -0.1) is 0 Å². The molecule has 1 aliphatic heterocycles. The van der Waals surface area contributed by atoms with Crippen molar-refractivity contribution in [3.8, 4) is 0 Å². The molecule has 1 saturated heterocycles. The zero-order valence-corrected chi connectivity index (χ0v) is 13.4. The largest absolute Gasteiger partial charge is 0.447 e. The number of aliphatic hydroxyl groups excluding tert-OH is 1. The van der Waals surface area contributed by atoms with Gasteiger partial charge in [0.25, 0.3) is 0 Å². The van der Waals surface area contributed by atoms with Gasteiger partial charge in [0.05, 0.1) is 19.6 Å². The Morgan fingerprint density at radius 2 is 2.00 bits per heavy atom. The number of nitrogens with zero attached hydrogens (tertiary/aromatic N) is 2. The Balaban J connectivity index is 2.17. The smallest absolute Gasteiger partial charge is 0.416 e. The first kappa shape index (κ1) is 19.2. The fourth-order valence-electron chi connectivity index (χ4n) is 2.64. The molecule has 1 aromatic rings. The van der Waals surface area contributed by atoms with Crippen LogP contribution in [0.15, 0.2) is 30.3 Å². The third-order valence-electron chi connectivity index (χ3n) is 3.86. The van der Waals surface area contributed by atoms with Crippen molar-refractivity contribution in [1.82, 2.24) is 9.80 Å². The standard InChI is InChI=1S/C16H19F3N2O4/c17-16(18,19)13(10-14(23)21-7-9-25-15(21)24)20(6-8-22)11-12-4-2-1-3-5-12/h1-5,13,22H,6-11H2. The molecule has 1 fully saturated rings.